The van der Waals surface area contributed by atoms with Gasteiger partial charge in [-0.2, -0.15) is 0 Å². The van der Waals surface area contributed by atoms with Crippen LogP contribution in [0.4, 0.5) is 5.69 Å². The molecule has 2 nitrogen and oxygen atoms in total. The fraction of sp³-hybridized carbons (Fsp3) is 0.611. The molecule has 1 aromatic rings. The van der Waals surface area contributed by atoms with Crippen molar-refractivity contribution in [2.24, 2.45) is 10.4 Å². The number of amidine groups is 1. The van der Waals surface area contributed by atoms with Crippen molar-refractivity contribution in [2.75, 3.05) is 17.6 Å². The molecule has 0 aromatic heterocycles. The number of thioether (sulfide) groups is 1. The highest BCUT2D eigenvalue weighted by molar-refractivity contribution is 8.14. The Morgan fingerprint density at radius 1 is 1.19 bits per heavy atom. The van der Waals surface area contributed by atoms with E-state index in [-0.39, 0.29) is 0 Å². The van der Waals surface area contributed by atoms with E-state index in [4.69, 9.17) is 4.99 Å². The summed E-state index contributed by atoms with van der Waals surface area (Å²) in [5, 5.41) is 4.69. The van der Waals surface area contributed by atoms with Crippen molar-refractivity contribution in [1.82, 2.24) is 0 Å². The second-order valence-corrected chi connectivity index (χ2v) is 7.47. The van der Waals surface area contributed by atoms with Crippen LogP contribution in [0.3, 0.4) is 0 Å². The Morgan fingerprint density at radius 2 is 2.00 bits per heavy atom. The van der Waals surface area contributed by atoms with Crippen molar-refractivity contribution in [3.63, 3.8) is 0 Å². The van der Waals surface area contributed by atoms with Crippen LogP contribution in [0.2, 0.25) is 0 Å². The molecule has 1 spiro atoms. The average Bonchev–Trinajstić information content (AvgIpc) is 2.53. The average molecular weight is 302 g/mol. The van der Waals surface area contributed by atoms with Crippen molar-refractivity contribution >= 4 is 22.6 Å². The van der Waals surface area contributed by atoms with Crippen molar-refractivity contribution < 1.29 is 0 Å². The molecule has 1 aromatic carbocycles. The van der Waals surface area contributed by atoms with E-state index in [9.17, 15) is 0 Å². The summed E-state index contributed by atoms with van der Waals surface area (Å²) in [5.41, 5.74) is 3.16. The predicted octanol–water partition coefficient (Wildman–Crippen LogP) is 5.10. The summed E-state index contributed by atoms with van der Waals surface area (Å²) in [7, 11) is 0. The van der Waals surface area contributed by atoms with E-state index in [1.54, 1.807) is 0 Å². The first kappa shape index (κ1) is 15.0. The third kappa shape index (κ3) is 3.63. The molecule has 21 heavy (non-hydrogen) atoms. The molecule has 1 aliphatic heterocycles. The summed E-state index contributed by atoms with van der Waals surface area (Å²) in [5.74, 6) is 1.24. The molecule has 1 saturated carbocycles. The molecule has 1 heterocycles. The molecule has 2 aliphatic rings. The van der Waals surface area contributed by atoms with Crippen molar-refractivity contribution in [1.29, 1.82) is 0 Å². The number of nitrogens with zero attached hydrogens (tertiary/aromatic N) is 1. The summed E-state index contributed by atoms with van der Waals surface area (Å²) in [6, 6.07) is 8.64. The number of hydrogen-bond donors (Lipinski definition) is 1. The Morgan fingerprint density at radius 3 is 2.71 bits per heavy atom. The Kier molecular flexibility index (Phi) is 4.89. The van der Waals surface area contributed by atoms with Gasteiger partial charge in [0.15, 0.2) is 5.17 Å². The molecule has 3 heteroatoms. The lowest BCUT2D eigenvalue weighted by atomic mass is 9.75. The first-order chi connectivity index (χ1) is 10.3. The van der Waals surface area contributed by atoms with Gasteiger partial charge in [0.1, 0.15) is 0 Å². The minimum Gasteiger partial charge on any atom is -0.335 e. The maximum atomic E-state index is 4.87. The molecule has 0 bridgehead atoms. The van der Waals surface area contributed by atoms with Gasteiger partial charge in [-0.1, -0.05) is 62.6 Å². The van der Waals surface area contributed by atoms with E-state index < -0.39 is 0 Å². The third-order valence-corrected chi connectivity index (χ3v) is 6.03. The summed E-state index contributed by atoms with van der Waals surface area (Å²) < 4.78 is 0. The van der Waals surface area contributed by atoms with E-state index in [0.717, 1.165) is 18.1 Å². The van der Waals surface area contributed by atoms with Gasteiger partial charge in [-0.3, -0.25) is 4.99 Å². The zero-order chi connectivity index (χ0) is 14.5. The normalized spacial score (nSPS) is 21.1. The quantitative estimate of drug-likeness (QED) is 0.839. The second-order valence-electron chi connectivity index (χ2n) is 6.50. The smallest absolute Gasteiger partial charge is 0.161 e. The second kappa shape index (κ2) is 6.87. The minimum atomic E-state index is 0.511. The van der Waals surface area contributed by atoms with E-state index >= 15 is 0 Å². The van der Waals surface area contributed by atoms with Gasteiger partial charge in [-0.25, -0.2) is 0 Å². The molecule has 0 amide bonds. The van der Waals surface area contributed by atoms with E-state index in [1.807, 2.05) is 11.8 Å². The lowest BCUT2D eigenvalue weighted by molar-refractivity contribution is 0.232. The molecule has 1 N–H and O–H groups in total. The lowest BCUT2D eigenvalue weighted by Crippen LogP contribution is -2.35. The Balaban J connectivity index is 1.66. The standard InChI is InChI=1S/C18H26N2S/c1-2-8-15-9-4-5-10-16(15)20-17-19-13-18(14-21-17)11-6-3-7-12-18/h4-5,9-10H,2-3,6-8,11-14H2,1H3,(H,19,20). The highest BCUT2D eigenvalue weighted by Crippen LogP contribution is 2.42. The predicted molar refractivity (Wildman–Crippen MR) is 94.3 cm³/mol. The third-order valence-electron chi connectivity index (χ3n) is 4.77. The van der Waals surface area contributed by atoms with E-state index in [0.29, 0.717) is 5.41 Å². The maximum absolute atomic E-state index is 4.87. The molecule has 1 aliphatic carbocycles. The van der Waals surface area contributed by atoms with E-state index in [2.05, 4.69) is 36.5 Å². The Hall–Kier alpha value is -0.960. The zero-order valence-corrected chi connectivity index (χ0v) is 13.8. The van der Waals surface area contributed by atoms with Crippen LogP contribution in [-0.4, -0.2) is 17.5 Å². The number of aliphatic imine (C=N–C) groups is 1. The fourth-order valence-corrected chi connectivity index (χ4v) is 4.64. The molecule has 0 unspecified atom stereocenters. The number of nitrogens with one attached hydrogen (secondary N) is 1. The lowest BCUT2D eigenvalue weighted by Gasteiger charge is -2.38. The van der Waals surface area contributed by atoms with Gasteiger partial charge in [0.2, 0.25) is 0 Å². The van der Waals surface area contributed by atoms with Crippen molar-refractivity contribution in [3.05, 3.63) is 29.8 Å². The van der Waals surface area contributed by atoms with Crippen LogP contribution in [0.1, 0.15) is 51.0 Å². The molecule has 0 saturated heterocycles. The number of aryl methyl sites for hydroxylation is 1. The Labute approximate surface area is 132 Å². The molecule has 1 fully saturated rings. The fourth-order valence-electron chi connectivity index (χ4n) is 3.48. The molecule has 3 rings (SSSR count). The zero-order valence-electron chi connectivity index (χ0n) is 13.0. The molecule has 0 atom stereocenters. The number of para-hydroxylation sites is 1. The topological polar surface area (TPSA) is 24.4 Å². The van der Waals surface area contributed by atoms with Crippen LogP contribution >= 0.6 is 11.8 Å². The summed E-state index contributed by atoms with van der Waals surface area (Å²) in [6.07, 6.45) is 9.29. The van der Waals surface area contributed by atoms with Gasteiger partial charge in [0, 0.05) is 18.0 Å². The van der Waals surface area contributed by atoms with Crippen LogP contribution < -0.4 is 5.32 Å². The highest BCUT2D eigenvalue weighted by atomic mass is 32.2. The van der Waals surface area contributed by atoms with Crippen molar-refractivity contribution in [2.45, 2.75) is 51.9 Å². The SMILES string of the molecule is CCCc1ccccc1NC1=NCC2(CCCCC2)CS1. The largest absolute Gasteiger partial charge is 0.335 e. The van der Waals surface area contributed by atoms with Gasteiger partial charge in [0.25, 0.3) is 0 Å². The number of rotatable bonds is 3. The summed E-state index contributed by atoms with van der Waals surface area (Å²) >= 11 is 1.93. The van der Waals surface area contributed by atoms with Gasteiger partial charge in [0.05, 0.1) is 0 Å². The van der Waals surface area contributed by atoms with Gasteiger partial charge < -0.3 is 5.32 Å². The minimum absolute atomic E-state index is 0.511. The monoisotopic (exact) mass is 302 g/mol. The molecule has 114 valence electrons. The number of hydrogen-bond acceptors (Lipinski definition) is 3. The summed E-state index contributed by atoms with van der Waals surface area (Å²) in [6.45, 7) is 3.26. The van der Waals surface area contributed by atoms with Crippen LogP contribution in [-0.2, 0) is 6.42 Å². The number of anilines is 1. The highest BCUT2D eigenvalue weighted by Gasteiger charge is 2.34. The van der Waals surface area contributed by atoms with Gasteiger partial charge in [-0.15, -0.1) is 0 Å². The summed E-state index contributed by atoms with van der Waals surface area (Å²) in [4.78, 5) is 4.87. The maximum Gasteiger partial charge on any atom is 0.161 e. The van der Waals surface area contributed by atoms with Gasteiger partial charge in [-0.05, 0) is 36.3 Å². The van der Waals surface area contributed by atoms with E-state index in [1.165, 1.54) is 55.5 Å². The molecule has 0 radical (unpaired) electrons. The first-order valence-corrected chi connectivity index (χ1v) is 9.32. The first-order valence-electron chi connectivity index (χ1n) is 8.33. The van der Waals surface area contributed by atoms with Crippen molar-refractivity contribution in [3.8, 4) is 0 Å². The molecular weight excluding hydrogens is 276 g/mol. The number of benzene rings is 1. The van der Waals surface area contributed by atoms with Crippen LogP contribution in [0.5, 0.6) is 0 Å². The molecular formula is C18H26N2S. The van der Waals surface area contributed by atoms with Crippen LogP contribution in [0, 0.1) is 5.41 Å². The Bertz CT molecular complexity index is 504. The van der Waals surface area contributed by atoms with Crippen LogP contribution in [0.25, 0.3) is 0 Å². The van der Waals surface area contributed by atoms with Crippen LogP contribution in [0.15, 0.2) is 29.3 Å². The van der Waals surface area contributed by atoms with Gasteiger partial charge >= 0.3 is 0 Å².